The number of carboxylic acid groups (broad SMARTS) is 1. The van der Waals surface area contributed by atoms with E-state index >= 15 is 0 Å². The van der Waals surface area contributed by atoms with Gasteiger partial charge in [0.1, 0.15) is 18.4 Å². The summed E-state index contributed by atoms with van der Waals surface area (Å²) >= 11 is 1.54. The molecule has 0 saturated carbocycles. The SMILES string of the molecule is COc1ccc([C@H]2N[C@H](C(=O)O)CS2)cc1COc1ccccc1F. The number of hydrogen-bond acceptors (Lipinski definition) is 5. The molecule has 25 heavy (non-hydrogen) atoms. The van der Waals surface area contributed by atoms with Crippen molar-refractivity contribution in [3.8, 4) is 11.5 Å². The molecule has 1 aliphatic heterocycles. The maximum Gasteiger partial charge on any atom is 0.321 e. The molecule has 1 saturated heterocycles. The van der Waals surface area contributed by atoms with Crippen molar-refractivity contribution < 1.29 is 23.8 Å². The Morgan fingerprint density at radius 3 is 2.80 bits per heavy atom. The molecule has 0 bridgehead atoms. The summed E-state index contributed by atoms with van der Waals surface area (Å²) in [4.78, 5) is 11.1. The van der Waals surface area contributed by atoms with Crippen LogP contribution in [0.15, 0.2) is 42.5 Å². The van der Waals surface area contributed by atoms with Crippen LogP contribution in [-0.2, 0) is 11.4 Å². The van der Waals surface area contributed by atoms with Crippen molar-refractivity contribution in [3.63, 3.8) is 0 Å². The summed E-state index contributed by atoms with van der Waals surface area (Å²) in [5, 5.41) is 12.1. The highest BCUT2D eigenvalue weighted by Gasteiger charge is 2.30. The summed E-state index contributed by atoms with van der Waals surface area (Å²) in [6.45, 7) is 0.150. The average Bonchev–Trinajstić information content (AvgIpc) is 3.11. The van der Waals surface area contributed by atoms with Crippen LogP contribution < -0.4 is 14.8 Å². The third-order valence-corrected chi connectivity index (χ3v) is 5.17. The third-order valence-electron chi connectivity index (χ3n) is 3.91. The number of methoxy groups -OCH3 is 1. The summed E-state index contributed by atoms with van der Waals surface area (Å²) in [5.41, 5.74) is 1.70. The molecule has 7 heteroatoms. The number of carbonyl (C=O) groups is 1. The van der Waals surface area contributed by atoms with E-state index in [2.05, 4.69) is 5.32 Å². The lowest BCUT2D eigenvalue weighted by Gasteiger charge is -2.16. The third kappa shape index (κ3) is 4.05. The van der Waals surface area contributed by atoms with E-state index in [-0.39, 0.29) is 17.7 Å². The van der Waals surface area contributed by atoms with E-state index in [4.69, 9.17) is 14.6 Å². The Balaban J connectivity index is 1.76. The molecule has 0 aromatic heterocycles. The van der Waals surface area contributed by atoms with Gasteiger partial charge in [-0.3, -0.25) is 10.1 Å². The number of ether oxygens (including phenoxy) is 2. The van der Waals surface area contributed by atoms with E-state index in [1.807, 2.05) is 18.2 Å². The van der Waals surface area contributed by atoms with Crippen LogP contribution in [0.1, 0.15) is 16.5 Å². The first-order chi connectivity index (χ1) is 12.1. The largest absolute Gasteiger partial charge is 0.496 e. The van der Waals surface area contributed by atoms with E-state index in [0.29, 0.717) is 11.5 Å². The Morgan fingerprint density at radius 2 is 2.12 bits per heavy atom. The Hall–Kier alpha value is -2.25. The smallest absolute Gasteiger partial charge is 0.321 e. The number of carboxylic acids is 1. The zero-order chi connectivity index (χ0) is 17.8. The van der Waals surface area contributed by atoms with Crippen LogP contribution in [0, 0.1) is 5.82 Å². The molecule has 1 heterocycles. The average molecular weight is 363 g/mol. The van der Waals surface area contributed by atoms with Gasteiger partial charge in [-0.15, -0.1) is 11.8 Å². The first-order valence-electron chi connectivity index (χ1n) is 7.73. The number of nitrogens with one attached hydrogen (secondary N) is 1. The van der Waals surface area contributed by atoms with Crippen molar-refractivity contribution in [1.82, 2.24) is 5.32 Å². The molecule has 2 N–H and O–H groups in total. The summed E-state index contributed by atoms with van der Waals surface area (Å²) in [6, 6.07) is 11.3. The molecule has 2 aromatic rings. The minimum Gasteiger partial charge on any atom is -0.496 e. The molecule has 0 unspecified atom stereocenters. The normalized spacial score (nSPS) is 19.6. The van der Waals surface area contributed by atoms with Crippen molar-refractivity contribution in [2.24, 2.45) is 0 Å². The maximum absolute atomic E-state index is 13.7. The van der Waals surface area contributed by atoms with Gasteiger partial charge in [-0.2, -0.15) is 0 Å². The predicted octanol–water partition coefficient (Wildman–Crippen LogP) is 3.20. The Labute approximate surface area is 149 Å². The second-order valence-electron chi connectivity index (χ2n) is 5.56. The number of benzene rings is 2. The van der Waals surface area contributed by atoms with Crippen LogP contribution in [0.4, 0.5) is 4.39 Å². The number of hydrogen-bond donors (Lipinski definition) is 2. The van der Waals surface area contributed by atoms with Gasteiger partial charge in [-0.05, 0) is 29.8 Å². The minimum absolute atomic E-state index is 0.112. The molecule has 132 valence electrons. The molecular formula is C18H18FNO4S. The van der Waals surface area contributed by atoms with E-state index in [9.17, 15) is 9.18 Å². The fourth-order valence-electron chi connectivity index (χ4n) is 2.60. The lowest BCUT2D eigenvalue weighted by atomic mass is 10.1. The van der Waals surface area contributed by atoms with E-state index < -0.39 is 17.8 Å². The topological polar surface area (TPSA) is 67.8 Å². The van der Waals surface area contributed by atoms with Gasteiger partial charge in [0.2, 0.25) is 0 Å². The van der Waals surface area contributed by atoms with Gasteiger partial charge in [-0.1, -0.05) is 18.2 Å². The Morgan fingerprint density at radius 1 is 1.32 bits per heavy atom. The van der Waals surface area contributed by atoms with E-state index in [1.165, 1.54) is 17.8 Å². The summed E-state index contributed by atoms with van der Waals surface area (Å²) in [6.07, 6.45) is 0. The molecular weight excluding hydrogens is 345 g/mol. The van der Waals surface area contributed by atoms with Crippen molar-refractivity contribution in [2.75, 3.05) is 12.9 Å². The van der Waals surface area contributed by atoms with Crippen molar-refractivity contribution >= 4 is 17.7 Å². The Bertz CT molecular complexity index is 770. The molecule has 1 aliphatic rings. The summed E-state index contributed by atoms with van der Waals surface area (Å²) in [7, 11) is 1.56. The predicted molar refractivity (Wildman–Crippen MR) is 93.5 cm³/mol. The van der Waals surface area contributed by atoms with Crippen LogP contribution >= 0.6 is 11.8 Å². The van der Waals surface area contributed by atoms with Crippen LogP contribution in [0.5, 0.6) is 11.5 Å². The second-order valence-corrected chi connectivity index (χ2v) is 6.70. The summed E-state index contributed by atoms with van der Waals surface area (Å²) < 4.78 is 24.6. The van der Waals surface area contributed by atoms with E-state index in [0.717, 1.165) is 11.1 Å². The molecule has 0 amide bonds. The van der Waals surface area contributed by atoms with Gasteiger partial charge in [0, 0.05) is 11.3 Å². The molecule has 0 spiro atoms. The molecule has 1 fully saturated rings. The monoisotopic (exact) mass is 363 g/mol. The quantitative estimate of drug-likeness (QED) is 0.822. The number of thioether (sulfide) groups is 1. The Kier molecular flexibility index (Phi) is 5.45. The first kappa shape index (κ1) is 17.6. The molecule has 2 aromatic carbocycles. The number of rotatable bonds is 6. The van der Waals surface area contributed by atoms with Crippen LogP contribution in [0.25, 0.3) is 0 Å². The molecule has 0 radical (unpaired) electrons. The van der Waals surface area contributed by atoms with Gasteiger partial charge in [0.05, 0.1) is 12.5 Å². The molecule has 3 rings (SSSR count). The highest BCUT2D eigenvalue weighted by Crippen LogP contribution is 2.35. The van der Waals surface area contributed by atoms with Crippen molar-refractivity contribution in [3.05, 3.63) is 59.4 Å². The van der Waals surface area contributed by atoms with Crippen molar-refractivity contribution in [1.29, 1.82) is 0 Å². The molecule has 5 nitrogen and oxygen atoms in total. The highest BCUT2D eigenvalue weighted by molar-refractivity contribution is 7.99. The maximum atomic E-state index is 13.7. The lowest BCUT2D eigenvalue weighted by Crippen LogP contribution is -2.33. The fourth-order valence-corrected chi connectivity index (χ4v) is 3.82. The first-order valence-corrected chi connectivity index (χ1v) is 8.78. The number of para-hydroxylation sites is 1. The second kappa shape index (κ2) is 7.76. The van der Waals surface area contributed by atoms with Gasteiger partial charge in [-0.25, -0.2) is 4.39 Å². The van der Waals surface area contributed by atoms with Crippen LogP contribution in [0.3, 0.4) is 0 Å². The molecule has 2 atom stereocenters. The standard InChI is InChI=1S/C18H18FNO4S/c1-23-15-7-6-11(17-20-14(10-25-17)18(21)22)8-12(15)9-24-16-5-3-2-4-13(16)19/h2-8,14,17,20H,9-10H2,1H3,(H,21,22)/t14-,17-/m0/s1. The van der Waals surface area contributed by atoms with Crippen LogP contribution in [-0.4, -0.2) is 30.0 Å². The van der Waals surface area contributed by atoms with Crippen molar-refractivity contribution in [2.45, 2.75) is 18.0 Å². The van der Waals surface area contributed by atoms with Gasteiger partial charge < -0.3 is 14.6 Å². The summed E-state index contributed by atoms with van der Waals surface area (Å²) in [5.74, 6) is 0.0429. The number of halogens is 1. The van der Waals surface area contributed by atoms with Crippen LogP contribution in [0.2, 0.25) is 0 Å². The minimum atomic E-state index is -0.855. The zero-order valence-corrected chi connectivity index (χ0v) is 14.4. The fraction of sp³-hybridized carbons (Fsp3) is 0.278. The van der Waals surface area contributed by atoms with Gasteiger partial charge in [0.25, 0.3) is 0 Å². The van der Waals surface area contributed by atoms with E-state index in [1.54, 1.807) is 25.3 Å². The van der Waals surface area contributed by atoms with Gasteiger partial charge in [0.15, 0.2) is 11.6 Å². The number of aliphatic carboxylic acids is 1. The molecule has 0 aliphatic carbocycles. The highest BCUT2D eigenvalue weighted by atomic mass is 32.2. The lowest BCUT2D eigenvalue weighted by molar-refractivity contribution is -0.138. The van der Waals surface area contributed by atoms with Gasteiger partial charge >= 0.3 is 5.97 Å². The zero-order valence-electron chi connectivity index (χ0n) is 13.6.